The predicted octanol–water partition coefficient (Wildman–Crippen LogP) is 4.57. The molecule has 5 nitrogen and oxygen atoms in total. The third-order valence-corrected chi connectivity index (χ3v) is 7.29. The molecule has 1 atom stereocenters. The van der Waals surface area contributed by atoms with Gasteiger partial charge in [0.1, 0.15) is 17.3 Å². The van der Waals surface area contributed by atoms with Gasteiger partial charge in [-0.1, -0.05) is 12.2 Å². The van der Waals surface area contributed by atoms with Crippen molar-refractivity contribution in [2.75, 3.05) is 27.3 Å². The van der Waals surface area contributed by atoms with Crippen molar-refractivity contribution in [3.63, 3.8) is 0 Å². The van der Waals surface area contributed by atoms with Gasteiger partial charge in [-0.05, 0) is 65.1 Å². The van der Waals surface area contributed by atoms with Crippen molar-refractivity contribution in [2.24, 2.45) is 0 Å². The fraction of sp³-hybridized carbons (Fsp3) is 0.636. The predicted molar refractivity (Wildman–Crippen MR) is 114 cm³/mol. The molecule has 2 aliphatic rings. The lowest BCUT2D eigenvalue weighted by molar-refractivity contribution is 0.108. The molecule has 6 heteroatoms. The van der Waals surface area contributed by atoms with Crippen LogP contribution in [0.5, 0.6) is 5.88 Å². The minimum absolute atomic E-state index is 0.260. The third-order valence-electron chi connectivity index (χ3n) is 6.12. The SMILES string of the molecule is CC=CCOC[C@H]1CCc2sc3ncnc(OC4CCC(N(C)C)CC4)c3c21. The molecule has 2 aliphatic carbocycles. The molecule has 152 valence electrons. The topological polar surface area (TPSA) is 47.5 Å². The first kappa shape index (κ1) is 19.8. The summed E-state index contributed by atoms with van der Waals surface area (Å²) in [6.45, 7) is 3.46. The third kappa shape index (κ3) is 4.09. The van der Waals surface area contributed by atoms with Crippen molar-refractivity contribution in [1.29, 1.82) is 0 Å². The highest BCUT2D eigenvalue weighted by Crippen LogP contribution is 2.46. The number of aryl methyl sites for hydroxylation is 1. The van der Waals surface area contributed by atoms with Crippen LogP contribution in [0.3, 0.4) is 0 Å². The van der Waals surface area contributed by atoms with Crippen LogP contribution < -0.4 is 4.74 Å². The molecule has 0 unspecified atom stereocenters. The van der Waals surface area contributed by atoms with Crippen LogP contribution in [-0.2, 0) is 11.2 Å². The number of fused-ring (bicyclic) bond motifs is 3. The number of thiophene rings is 1. The maximum absolute atomic E-state index is 6.46. The van der Waals surface area contributed by atoms with Crippen LogP contribution in [0.25, 0.3) is 10.2 Å². The van der Waals surface area contributed by atoms with E-state index in [1.807, 2.05) is 24.3 Å². The van der Waals surface area contributed by atoms with Crippen LogP contribution >= 0.6 is 11.3 Å². The maximum atomic E-state index is 6.46. The zero-order chi connectivity index (χ0) is 19.5. The smallest absolute Gasteiger partial charge is 0.225 e. The molecule has 1 fully saturated rings. The van der Waals surface area contributed by atoms with Gasteiger partial charge >= 0.3 is 0 Å². The van der Waals surface area contributed by atoms with Gasteiger partial charge in [0, 0.05) is 16.8 Å². The van der Waals surface area contributed by atoms with E-state index in [2.05, 4.69) is 35.0 Å². The minimum Gasteiger partial charge on any atom is -0.474 e. The summed E-state index contributed by atoms with van der Waals surface area (Å²) in [6.07, 6.45) is 12.8. The van der Waals surface area contributed by atoms with Crippen LogP contribution in [0, 0.1) is 0 Å². The molecule has 0 radical (unpaired) electrons. The largest absolute Gasteiger partial charge is 0.474 e. The summed E-state index contributed by atoms with van der Waals surface area (Å²) in [4.78, 5) is 13.9. The Morgan fingerprint density at radius 3 is 2.75 bits per heavy atom. The van der Waals surface area contributed by atoms with E-state index in [4.69, 9.17) is 9.47 Å². The van der Waals surface area contributed by atoms with E-state index in [1.54, 1.807) is 6.33 Å². The van der Waals surface area contributed by atoms with Crippen LogP contribution in [-0.4, -0.2) is 54.3 Å². The summed E-state index contributed by atoms with van der Waals surface area (Å²) in [5.74, 6) is 1.21. The second-order valence-corrected chi connectivity index (χ2v) is 9.24. The van der Waals surface area contributed by atoms with Gasteiger partial charge in [0.05, 0.1) is 18.6 Å². The molecular formula is C22H31N3O2S. The molecule has 2 aromatic heterocycles. The van der Waals surface area contributed by atoms with Crippen molar-refractivity contribution < 1.29 is 9.47 Å². The molecule has 28 heavy (non-hydrogen) atoms. The lowest BCUT2D eigenvalue weighted by atomic mass is 9.92. The molecule has 4 rings (SSSR count). The van der Waals surface area contributed by atoms with Gasteiger partial charge < -0.3 is 14.4 Å². The van der Waals surface area contributed by atoms with Gasteiger partial charge in [-0.25, -0.2) is 9.97 Å². The molecule has 0 aromatic carbocycles. The number of aromatic nitrogens is 2. The highest BCUT2D eigenvalue weighted by Gasteiger charge is 2.31. The lowest BCUT2D eigenvalue weighted by Gasteiger charge is -2.32. The number of hydrogen-bond acceptors (Lipinski definition) is 6. The summed E-state index contributed by atoms with van der Waals surface area (Å²) >= 11 is 1.81. The number of allylic oxidation sites excluding steroid dienone is 1. The van der Waals surface area contributed by atoms with Gasteiger partial charge in [-0.3, -0.25) is 0 Å². The quantitative estimate of drug-likeness (QED) is 0.503. The highest BCUT2D eigenvalue weighted by molar-refractivity contribution is 7.19. The van der Waals surface area contributed by atoms with E-state index in [-0.39, 0.29) is 6.10 Å². The van der Waals surface area contributed by atoms with E-state index in [0.29, 0.717) is 18.6 Å². The van der Waals surface area contributed by atoms with Crippen LogP contribution in [0.15, 0.2) is 18.5 Å². The van der Waals surface area contributed by atoms with Crippen LogP contribution in [0.4, 0.5) is 0 Å². The Hall–Kier alpha value is -1.50. The summed E-state index contributed by atoms with van der Waals surface area (Å²) in [7, 11) is 4.35. The first-order valence-corrected chi connectivity index (χ1v) is 11.3. The van der Waals surface area contributed by atoms with Crippen molar-refractivity contribution in [1.82, 2.24) is 14.9 Å². The van der Waals surface area contributed by atoms with E-state index in [0.717, 1.165) is 48.4 Å². The Morgan fingerprint density at radius 2 is 2.00 bits per heavy atom. The zero-order valence-electron chi connectivity index (χ0n) is 17.2. The van der Waals surface area contributed by atoms with E-state index in [1.165, 1.54) is 23.3 Å². The second kappa shape index (κ2) is 8.89. The molecule has 0 spiro atoms. The molecule has 2 heterocycles. The van der Waals surface area contributed by atoms with Crippen molar-refractivity contribution >= 4 is 21.6 Å². The first-order valence-electron chi connectivity index (χ1n) is 10.5. The highest BCUT2D eigenvalue weighted by atomic mass is 32.1. The summed E-state index contributed by atoms with van der Waals surface area (Å²) in [5.41, 5.74) is 1.39. The van der Waals surface area contributed by atoms with Gasteiger partial charge in [0.2, 0.25) is 5.88 Å². The Balaban J connectivity index is 1.52. The Morgan fingerprint density at radius 1 is 1.18 bits per heavy atom. The normalized spacial score (nSPS) is 25.1. The molecule has 0 saturated heterocycles. The van der Waals surface area contributed by atoms with Gasteiger partial charge in [-0.15, -0.1) is 11.3 Å². The van der Waals surface area contributed by atoms with Crippen molar-refractivity contribution in [3.8, 4) is 5.88 Å². The summed E-state index contributed by atoms with van der Waals surface area (Å²) in [6, 6.07) is 0.675. The van der Waals surface area contributed by atoms with Gasteiger partial charge in [0.15, 0.2) is 0 Å². The number of ether oxygens (including phenoxy) is 2. The number of hydrogen-bond donors (Lipinski definition) is 0. The molecule has 0 amide bonds. The Bertz CT molecular complexity index is 825. The molecule has 0 bridgehead atoms. The van der Waals surface area contributed by atoms with E-state index >= 15 is 0 Å². The lowest BCUT2D eigenvalue weighted by Crippen LogP contribution is -2.35. The van der Waals surface area contributed by atoms with Gasteiger partial charge in [0.25, 0.3) is 0 Å². The maximum Gasteiger partial charge on any atom is 0.225 e. The molecule has 0 N–H and O–H groups in total. The number of nitrogens with zero attached hydrogens (tertiary/aromatic N) is 3. The molecule has 2 aromatic rings. The van der Waals surface area contributed by atoms with Gasteiger partial charge in [-0.2, -0.15) is 0 Å². The van der Waals surface area contributed by atoms with E-state index in [9.17, 15) is 0 Å². The van der Waals surface area contributed by atoms with Crippen molar-refractivity contribution in [2.45, 2.75) is 63.5 Å². The molecular weight excluding hydrogens is 370 g/mol. The fourth-order valence-corrected chi connectivity index (χ4v) is 5.74. The average molecular weight is 402 g/mol. The molecule has 1 saturated carbocycles. The van der Waals surface area contributed by atoms with Crippen LogP contribution in [0.1, 0.15) is 55.4 Å². The first-order chi connectivity index (χ1) is 13.7. The molecule has 0 aliphatic heterocycles. The summed E-state index contributed by atoms with van der Waals surface area (Å²) in [5, 5.41) is 1.15. The van der Waals surface area contributed by atoms with E-state index < -0.39 is 0 Å². The Kier molecular flexibility index (Phi) is 6.28. The monoisotopic (exact) mass is 401 g/mol. The fourth-order valence-electron chi connectivity index (χ4n) is 4.51. The second-order valence-electron chi connectivity index (χ2n) is 8.15. The zero-order valence-corrected chi connectivity index (χ0v) is 18.0. The van der Waals surface area contributed by atoms with Crippen molar-refractivity contribution in [3.05, 3.63) is 28.9 Å². The minimum atomic E-state index is 0.260. The summed E-state index contributed by atoms with van der Waals surface area (Å²) < 4.78 is 12.3. The average Bonchev–Trinajstić information content (AvgIpc) is 3.25. The van der Waals surface area contributed by atoms with Crippen LogP contribution in [0.2, 0.25) is 0 Å². The Labute approximate surface area is 171 Å². The standard InChI is InChI=1S/C22H31N3O2S/c1-4-5-12-26-13-15-6-11-18-19(15)20-21(23-14-24-22(20)28-18)27-17-9-7-16(8-10-17)25(2)3/h4-5,14-17H,6-13H2,1-3H3/t15-,16?,17?/m1/s1. The number of rotatable bonds is 7.